The molecule has 2 aromatic carbocycles. The lowest BCUT2D eigenvalue weighted by atomic mass is 10.1. The van der Waals surface area contributed by atoms with E-state index < -0.39 is 35.2 Å². The van der Waals surface area contributed by atoms with Gasteiger partial charge in [0.2, 0.25) is 0 Å². The van der Waals surface area contributed by atoms with E-state index >= 15 is 0 Å². The van der Waals surface area contributed by atoms with Gasteiger partial charge in [0.1, 0.15) is 5.56 Å². The van der Waals surface area contributed by atoms with Gasteiger partial charge in [0, 0.05) is 0 Å². The van der Waals surface area contributed by atoms with Crippen molar-refractivity contribution in [1.29, 1.82) is 0 Å². The normalized spacial score (nSPS) is 13.5. The highest BCUT2D eigenvalue weighted by Crippen LogP contribution is 2.34. The number of hydrogen-bond acceptors (Lipinski definition) is 5. The van der Waals surface area contributed by atoms with Crippen LogP contribution in [-0.4, -0.2) is 32.6 Å². The van der Waals surface area contributed by atoms with Crippen molar-refractivity contribution in [2.75, 3.05) is 0 Å². The van der Waals surface area contributed by atoms with Crippen molar-refractivity contribution < 1.29 is 32.4 Å². The van der Waals surface area contributed by atoms with Crippen LogP contribution in [0.25, 0.3) is 5.69 Å². The molecule has 0 unspecified atom stereocenters. The first-order valence-electron chi connectivity index (χ1n) is 8.61. The van der Waals surface area contributed by atoms with Crippen LogP contribution in [0.4, 0.5) is 13.2 Å². The smallest absolute Gasteiger partial charge is 0.324 e. The summed E-state index contributed by atoms with van der Waals surface area (Å²) in [4.78, 5) is 41.9. The largest absolute Gasteiger partial charge is 0.434 e. The number of hydroxylamine groups is 2. The van der Waals surface area contributed by atoms with E-state index in [0.29, 0.717) is 16.4 Å². The highest BCUT2D eigenvalue weighted by atomic mass is 19.4. The van der Waals surface area contributed by atoms with E-state index in [9.17, 15) is 27.6 Å². The number of hydrogen-bond donors (Lipinski definition) is 0. The number of alkyl halides is 3. The Hall–Kier alpha value is -3.95. The number of aromatic nitrogens is 2. The van der Waals surface area contributed by atoms with Gasteiger partial charge in [-0.1, -0.05) is 29.3 Å². The van der Waals surface area contributed by atoms with Crippen molar-refractivity contribution in [3.63, 3.8) is 0 Å². The van der Waals surface area contributed by atoms with Crippen molar-refractivity contribution in [3.8, 4) is 5.69 Å². The Bertz CT molecular complexity index is 1170. The molecular formula is C20H12F3N3O4. The van der Waals surface area contributed by atoms with Gasteiger partial charge < -0.3 is 4.84 Å². The molecule has 4 rings (SSSR count). The molecule has 2 amide bonds. The average Bonchev–Trinajstić information content (AvgIpc) is 3.25. The van der Waals surface area contributed by atoms with Crippen LogP contribution in [0.3, 0.4) is 0 Å². The highest BCUT2D eigenvalue weighted by molar-refractivity contribution is 6.21. The molecule has 0 bridgehead atoms. The Morgan fingerprint density at radius 1 is 1.00 bits per heavy atom. The highest BCUT2D eigenvalue weighted by Gasteiger charge is 2.44. The summed E-state index contributed by atoms with van der Waals surface area (Å²) in [6, 6.07) is 11.8. The van der Waals surface area contributed by atoms with Gasteiger partial charge in [-0.3, -0.25) is 9.59 Å². The van der Waals surface area contributed by atoms with E-state index in [4.69, 9.17) is 4.84 Å². The second-order valence-corrected chi connectivity index (χ2v) is 6.48. The maximum atomic E-state index is 13.8. The van der Waals surface area contributed by atoms with Gasteiger partial charge in [-0.25, -0.2) is 9.48 Å². The number of fused-ring (bicyclic) bond motifs is 1. The van der Waals surface area contributed by atoms with Crippen LogP contribution < -0.4 is 0 Å². The summed E-state index contributed by atoms with van der Waals surface area (Å²) >= 11 is 0. The van der Waals surface area contributed by atoms with Crippen LogP contribution in [0.5, 0.6) is 0 Å². The number of rotatable bonds is 3. The number of halogens is 3. The first-order valence-corrected chi connectivity index (χ1v) is 8.61. The quantitative estimate of drug-likeness (QED) is 0.611. The molecule has 1 aliphatic heterocycles. The van der Waals surface area contributed by atoms with Gasteiger partial charge in [-0.2, -0.15) is 18.3 Å². The molecule has 30 heavy (non-hydrogen) atoms. The first kappa shape index (κ1) is 19.4. The minimum Gasteiger partial charge on any atom is -0.324 e. The molecule has 0 atom stereocenters. The molecule has 10 heteroatoms. The SMILES string of the molecule is Cc1cccc(-n2ncc(C(=O)ON3C(=O)c4ccccc4C3=O)c2C(F)(F)F)c1. The zero-order valence-corrected chi connectivity index (χ0v) is 15.3. The number of nitrogens with zero attached hydrogens (tertiary/aromatic N) is 3. The van der Waals surface area contributed by atoms with Gasteiger partial charge in [0.15, 0.2) is 5.69 Å². The molecule has 0 aliphatic carbocycles. The molecule has 3 aromatic rings. The topological polar surface area (TPSA) is 81.5 Å². The minimum atomic E-state index is -4.96. The number of amides is 2. The van der Waals surface area contributed by atoms with E-state index in [1.165, 1.54) is 36.4 Å². The van der Waals surface area contributed by atoms with Gasteiger partial charge >= 0.3 is 12.1 Å². The lowest BCUT2D eigenvalue weighted by Crippen LogP contribution is -2.33. The van der Waals surface area contributed by atoms with Crippen LogP contribution in [0, 0.1) is 6.92 Å². The number of benzene rings is 2. The van der Waals surface area contributed by atoms with Crippen molar-refractivity contribution in [3.05, 3.63) is 82.7 Å². The molecule has 0 saturated carbocycles. The molecule has 0 radical (unpaired) electrons. The maximum Gasteiger partial charge on any atom is 0.434 e. The van der Waals surface area contributed by atoms with Crippen molar-refractivity contribution in [1.82, 2.24) is 14.8 Å². The lowest BCUT2D eigenvalue weighted by Gasteiger charge is -2.15. The van der Waals surface area contributed by atoms with Gasteiger partial charge in [0.05, 0.1) is 23.0 Å². The summed E-state index contributed by atoms with van der Waals surface area (Å²) in [5.41, 5.74) is -1.56. The van der Waals surface area contributed by atoms with E-state index in [1.54, 1.807) is 19.1 Å². The number of carbonyl (C=O) groups is 3. The summed E-state index contributed by atoms with van der Waals surface area (Å²) in [6.07, 6.45) is -4.28. The summed E-state index contributed by atoms with van der Waals surface area (Å²) < 4.78 is 41.8. The third-order valence-electron chi connectivity index (χ3n) is 4.43. The molecule has 1 aliphatic rings. The van der Waals surface area contributed by atoms with Crippen molar-refractivity contribution in [2.45, 2.75) is 13.1 Å². The fraction of sp³-hybridized carbons (Fsp3) is 0.100. The number of imide groups is 1. The van der Waals surface area contributed by atoms with Crippen LogP contribution >= 0.6 is 0 Å². The fourth-order valence-corrected chi connectivity index (χ4v) is 3.11. The monoisotopic (exact) mass is 415 g/mol. The fourth-order valence-electron chi connectivity index (χ4n) is 3.11. The zero-order chi connectivity index (χ0) is 21.6. The summed E-state index contributed by atoms with van der Waals surface area (Å²) in [6.45, 7) is 1.69. The summed E-state index contributed by atoms with van der Waals surface area (Å²) in [7, 11) is 0. The summed E-state index contributed by atoms with van der Waals surface area (Å²) in [5.74, 6) is -3.41. The van der Waals surface area contributed by atoms with E-state index in [2.05, 4.69) is 5.10 Å². The molecule has 1 aromatic heterocycles. The molecular weight excluding hydrogens is 403 g/mol. The molecule has 0 fully saturated rings. The molecule has 2 heterocycles. The molecule has 152 valence electrons. The van der Waals surface area contributed by atoms with Crippen LogP contribution in [0.2, 0.25) is 0 Å². The first-order chi connectivity index (χ1) is 14.2. The van der Waals surface area contributed by atoms with Crippen molar-refractivity contribution >= 4 is 17.8 Å². The Morgan fingerprint density at radius 2 is 1.63 bits per heavy atom. The Morgan fingerprint density at radius 3 is 2.20 bits per heavy atom. The molecule has 7 nitrogen and oxygen atoms in total. The lowest BCUT2D eigenvalue weighted by molar-refractivity contribution is -0.143. The Balaban J connectivity index is 1.71. The molecule has 0 spiro atoms. The molecule has 0 saturated heterocycles. The average molecular weight is 415 g/mol. The Labute approximate surface area is 167 Å². The van der Waals surface area contributed by atoms with E-state index in [-0.39, 0.29) is 21.9 Å². The van der Waals surface area contributed by atoms with Crippen molar-refractivity contribution in [2.24, 2.45) is 0 Å². The second kappa shape index (κ2) is 6.83. The van der Waals surface area contributed by atoms with Gasteiger partial charge in [0.25, 0.3) is 11.8 Å². The summed E-state index contributed by atoms with van der Waals surface area (Å²) in [5, 5.41) is 3.82. The number of carbonyl (C=O) groups excluding carboxylic acids is 3. The van der Waals surface area contributed by atoms with Gasteiger partial charge in [-0.15, -0.1) is 0 Å². The van der Waals surface area contributed by atoms with Crippen LogP contribution in [0.1, 0.15) is 42.3 Å². The zero-order valence-electron chi connectivity index (χ0n) is 15.3. The standard InChI is InChI=1S/C20H12F3N3O4/c1-11-5-4-6-12(9-11)25-16(20(21,22)23)15(10-24-25)19(29)30-26-17(27)13-7-2-3-8-14(13)18(26)28/h2-10H,1H3. The minimum absolute atomic E-state index is 0.0122. The van der Waals surface area contributed by atoms with Crippen LogP contribution in [-0.2, 0) is 11.0 Å². The predicted octanol–water partition coefficient (Wildman–Crippen LogP) is 3.57. The maximum absolute atomic E-state index is 13.8. The third kappa shape index (κ3) is 3.11. The Kier molecular flexibility index (Phi) is 4.41. The predicted molar refractivity (Wildman–Crippen MR) is 95.7 cm³/mol. The molecule has 0 N–H and O–H groups in total. The van der Waals surface area contributed by atoms with Gasteiger partial charge in [-0.05, 0) is 36.8 Å². The second-order valence-electron chi connectivity index (χ2n) is 6.48. The third-order valence-corrected chi connectivity index (χ3v) is 4.43. The van der Waals surface area contributed by atoms with E-state index in [0.717, 1.165) is 0 Å². The van der Waals surface area contributed by atoms with E-state index in [1.807, 2.05) is 0 Å². The van der Waals surface area contributed by atoms with Crippen LogP contribution in [0.15, 0.2) is 54.7 Å². The number of aryl methyl sites for hydroxylation is 1.